The molecular formula is C16H25Br. The highest BCUT2D eigenvalue weighted by Gasteiger charge is 2.04. The van der Waals surface area contributed by atoms with Crippen molar-refractivity contribution in [3.63, 3.8) is 0 Å². The maximum atomic E-state index is 3.75. The van der Waals surface area contributed by atoms with E-state index in [0.29, 0.717) is 4.83 Å². The van der Waals surface area contributed by atoms with Crippen molar-refractivity contribution in [2.75, 3.05) is 0 Å². The number of aryl methyl sites for hydroxylation is 1. The summed E-state index contributed by atoms with van der Waals surface area (Å²) < 4.78 is 0. The Morgan fingerprint density at radius 1 is 1.12 bits per heavy atom. The molecule has 0 spiro atoms. The number of alkyl halides is 1. The topological polar surface area (TPSA) is 0 Å². The summed E-state index contributed by atoms with van der Waals surface area (Å²) in [5.41, 5.74) is 2.97. The Morgan fingerprint density at radius 2 is 1.82 bits per heavy atom. The van der Waals surface area contributed by atoms with E-state index in [9.17, 15) is 0 Å². The van der Waals surface area contributed by atoms with Gasteiger partial charge in [0.05, 0.1) is 0 Å². The van der Waals surface area contributed by atoms with Crippen LogP contribution in [0.25, 0.3) is 0 Å². The molecule has 0 bridgehead atoms. The monoisotopic (exact) mass is 296 g/mol. The van der Waals surface area contributed by atoms with Crippen LogP contribution in [0.1, 0.15) is 51.2 Å². The van der Waals surface area contributed by atoms with E-state index in [0.717, 1.165) is 5.92 Å². The summed E-state index contributed by atoms with van der Waals surface area (Å²) in [5.74, 6) is 0.745. The van der Waals surface area contributed by atoms with E-state index in [2.05, 4.69) is 61.0 Å². The smallest absolute Gasteiger partial charge is 0.0148 e. The van der Waals surface area contributed by atoms with Crippen LogP contribution in [0.5, 0.6) is 0 Å². The standard InChI is InChI=1S/C16H25Br/c1-4-6-16(17)10-9-14-7-5-8-15(12-14)11-13(2)3/h5,7-8,12-13,16H,4,6,9-11H2,1-3H3. The summed E-state index contributed by atoms with van der Waals surface area (Å²) >= 11 is 3.75. The first-order valence-corrected chi connectivity index (χ1v) is 7.75. The third-order valence-electron chi connectivity index (χ3n) is 2.98. The van der Waals surface area contributed by atoms with Crippen LogP contribution in [0.4, 0.5) is 0 Å². The van der Waals surface area contributed by atoms with E-state index in [1.165, 1.54) is 43.2 Å². The molecule has 0 radical (unpaired) electrons. The van der Waals surface area contributed by atoms with Gasteiger partial charge in [-0.05, 0) is 42.7 Å². The summed E-state index contributed by atoms with van der Waals surface area (Å²) in [7, 11) is 0. The molecule has 1 unspecified atom stereocenters. The summed E-state index contributed by atoms with van der Waals surface area (Å²) in [6, 6.07) is 9.10. The number of hydrogen-bond acceptors (Lipinski definition) is 0. The first-order valence-electron chi connectivity index (χ1n) is 6.83. The fourth-order valence-corrected chi connectivity index (χ4v) is 2.85. The Hall–Kier alpha value is -0.300. The molecule has 0 aromatic heterocycles. The molecule has 1 heteroatoms. The second-order valence-corrected chi connectivity index (χ2v) is 6.64. The minimum atomic E-state index is 0.682. The predicted octanol–water partition coefficient (Wildman–Crippen LogP) is 5.38. The molecule has 0 aliphatic rings. The third-order valence-corrected chi connectivity index (χ3v) is 3.90. The van der Waals surface area contributed by atoms with Crippen LogP contribution in [0.15, 0.2) is 24.3 Å². The second-order valence-electron chi connectivity index (χ2n) is 5.34. The van der Waals surface area contributed by atoms with Gasteiger partial charge in [0.2, 0.25) is 0 Å². The molecule has 0 aliphatic heterocycles. The third kappa shape index (κ3) is 6.26. The minimum Gasteiger partial charge on any atom is -0.0891 e. The van der Waals surface area contributed by atoms with Crippen molar-refractivity contribution in [1.82, 2.24) is 0 Å². The van der Waals surface area contributed by atoms with Crippen molar-refractivity contribution >= 4 is 15.9 Å². The van der Waals surface area contributed by atoms with Gasteiger partial charge >= 0.3 is 0 Å². The van der Waals surface area contributed by atoms with Crippen molar-refractivity contribution in [3.05, 3.63) is 35.4 Å². The maximum Gasteiger partial charge on any atom is 0.0148 e. The number of hydrogen-bond donors (Lipinski definition) is 0. The predicted molar refractivity (Wildman–Crippen MR) is 80.9 cm³/mol. The van der Waals surface area contributed by atoms with Gasteiger partial charge in [-0.1, -0.05) is 67.4 Å². The van der Waals surface area contributed by atoms with Gasteiger partial charge in [-0.15, -0.1) is 0 Å². The van der Waals surface area contributed by atoms with Crippen LogP contribution < -0.4 is 0 Å². The van der Waals surface area contributed by atoms with Gasteiger partial charge in [0.15, 0.2) is 0 Å². The SMILES string of the molecule is CCCC(Br)CCc1cccc(CC(C)C)c1. The van der Waals surface area contributed by atoms with Crippen LogP contribution in [0.3, 0.4) is 0 Å². The molecule has 0 amide bonds. The molecule has 0 aliphatic carbocycles. The fourth-order valence-electron chi connectivity index (χ4n) is 2.16. The van der Waals surface area contributed by atoms with Crippen molar-refractivity contribution in [2.45, 2.75) is 57.7 Å². The average Bonchev–Trinajstić information content (AvgIpc) is 2.26. The Bertz CT molecular complexity index is 317. The van der Waals surface area contributed by atoms with Crippen LogP contribution in [0.2, 0.25) is 0 Å². The zero-order valence-corrected chi connectivity index (χ0v) is 13.0. The zero-order chi connectivity index (χ0) is 12.7. The Morgan fingerprint density at radius 3 is 2.47 bits per heavy atom. The zero-order valence-electron chi connectivity index (χ0n) is 11.4. The van der Waals surface area contributed by atoms with E-state index in [1.54, 1.807) is 0 Å². The van der Waals surface area contributed by atoms with Crippen molar-refractivity contribution in [3.8, 4) is 0 Å². The molecule has 0 fully saturated rings. The van der Waals surface area contributed by atoms with Crippen LogP contribution in [0, 0.1) is 5.92 Å². The minimum absolute atomic E-state index is 0.682. The largest absolute Gasteiger partial charge is 0.0891 e. The highest BCUT2D eigenvalue weighted by Crippen LogP contribution is 2.17. The first kappa shape index (κ1) is 14.8. The van der Waals surface area contributed by atoms with Crippen LogP contribution >= 0.6 is 15.9 Å². The Labute approximate surface area is 115 Å². The normalized spacial score (nSPS) is 13.0. The van der Waals surface area contributed by atoms with Gasteiger partial charge in [-0.3, -0.25) is 0 Å². The molecule has 96 valence electrons. The van der Waals surface area contributed by atoms with Crippen molar-refractivity contribution in [2.24, 2.45) is 5.92 Å². The van der Waals surface area contributed by atoms with Crippen molar-refractivity contribution < 1.29 is 0 Å². The van der Waals surface area contributed by atoms with E-state index in [1.807, 2.05) is 0 Å². The summed E-state index contributed by atoms with van der Waals surface area (Å²) in [5, 5.41) is 0. The molecule has 0 N–H and O–H groups in total. The molecule has 1 rings (SSSR count). The quantitative estimate of drug-likeness (QED) is 0.593. The van der Waals surface area contributed by atoms with Crippen molar-refractivity contribution in [1.29, 1.82) is 0 Å². The van der Waals surface area contributed by atoms with Crippen LogP contribution in [-0.4, -0.2) is 4.83 Å². The molecule has 17 heavy (non-hydrogen) atoms. The first-order chi connectivity index (χ1) is 8.11. The molecular weight excluding hydrogens is 272 g/mol. The molecule has 1 atom stereocenters. The van der Waals surface area contributed by atoms with E-state index >= 15 is 0 Å². The van der Waals surface area contributed by atoms with Gasteiger partial charge in [0.25, 0.3) is 0 Å². The van der Waals surface area contributed by atoms with Crippen LogP contribution in [-0.2, 0) is 12.8 Å². The number of halogens is 1. The molecule has 1 aromatic carbocycles. The summed E-state index contributed by atoms with van der Waals surface area (Å²) in [6.45, 7) is 6.81. The maximum absolute atomic E-state index is 3.75. The second kappa shape index (κ2) is 7.92. The molecule has 0 nitrogen and oxygen atoms in total. The van der Waals surface area contributed by atoms with E-state index in [4.69, 9.17) is 0 Å². The highest BCUT2D eigenvalue weighted by molar-refractivity contribution is 9.09. The van der Waals surface area contributed by atoms with Gasteiger partial charge < -0.3 is 0 Å². The summed E-state index contributed by atoms with van der Waals surface area (Å²) in [6.07, 6.45) is 6.19. The van der Waals surface area contributed by atoms with Gasteiger partial charge in [0.1, 0.15) is 0 Å². The Kier molecular flexibility index (Phi) is 6.87. The summed E-state index contributed by atoms with van der Waals surface area (Å²) in [4.78, 5) is 0.682. The lowest BCUT2D eigenvalue weighted by Crippen LogP contribution is -2.00. The Balaban J connectivity index is 2.48. The average molecular weight is 297 g/mol. The lowest BCUT2D eigenvalue weighted by Gasteiger charge is -2.10. The highest BCUT2D eigenvalue weighted by atomic mass is 79.9. The number of benzene rings is 1. The van der Waals surface area contributed by atoms with Gasteiger partial charge in [-0.2, -0.15) is 0 Å². The van der Waals surface area contributed by atoms with E-state index < -0.39 is 0 Å². The fraction of sp³-hybridized carbons (Fsp3) is 0.625. The van der Waals surface area contributed by atoms with Gasteiger partial charge in [-0.25, -0.2) is 0 Å². The molecule has 0 heterocycles. The molecule has 1 aromatic rings. The number of rotatable bonds is 7. The molecule has 0 saturated heterocycles. The van der Waals surface area contributed by atoms with E-state index in [-0.39, 0.29) is 0 Å². The molecule has 0 saturated carbocycles. The van der Waals surface area contributed by atoms with Gasteiger partial charge in [0, 0.05) is 4.83 Å². The lowest BCUT2D eigenvalue weighted by molar-refractivity contribution is 0.645. The lowest BCUT2D eigenvalue weighted by atomic mass is 9.99.